The molecule has 0 aliphatic heterocycles. The lowest BCUT2D eigenvalue weighted by atomic mass is 10.2. The van der Waals surface area contributed by atoms with E-state index in [9.17, 15) is 10.2 Å². The molecule has 0 unspecified atom stereocenters. The van der Waals surface area contributed by atoms with Gasteiger partial charge in [0, 0.05) is 25.2 Å². The lowest BCUT2D eigenvalue weighted by Gasteiger charge is -2.10. The Balaban J connectivity index is 0.933. The van der Waals surface area contributed by atoms with Crippen molar-refractivity contribution in [2.45, 2.75) is 13.1 Å². The number of hydrogen-bond acceptors (Lipinski definition) is 11. The van der Waals surface area contributed by atoms with Crippen molar-refractivity contribution in [3.63, 3.8) is 0 Å². The fraction of sp³-hybridized carbons (Fsp3) is 0.368. The summed E-state index contributed by atoms with van der Waals surface area (Å²) in [6, 6.07) is 29.4. The van der Waals surface area contributed by atoms with Crippen LogP contribution in [0.15, 0.2) is 97.1 Å². The molecule has 264 valence electrons. The lowest BCUT2D eigenvalue weighted by molar-refractivity contribution is 0.0273. The van der Waals surface area contributed by atoms with Gasteiger partial charge in [0.15, 0.2) is 0 Å². The Labute approximate surface area is 288 Å². The number of hydrogen-bond donors (Lipinski definition) is 3. The zero-order valence-electron chi connectivity index (χ0n) is 27.8. The Bertz CT molecular complexity index is 1330. The SMILES string of the molecule is Oc1cccc(OCCOCCOCCOc2ccc(CNCc3ccc(OCCOCCOCCOc4cccc(O)c4)cc3)cc2)c1. The number of aromatic hydroxyl groups is 2. The van der Waals surface area contributed by atoms with E-state index in [0.29, 0.717) is 90.8 Å². The van der Waals surface area contributed by atoms with Gasteiger partial charge < -0.3 is 53.4 Å². The van der Waals surface area contributed by atoms with Crippen LogP contribution in [0.4, 0.5) is 0 Å². The monoisotopic (exact) mass is 677 g/mol. The fourth-order valence-corrected chi connectivity index (χ4v) is 4.42. The number of benzene rings is 4. The summed E-state index contributed by atoms with van der Waals surface area (Å²) in [6.07, 6.45) is 0. The molecule has 0 spiro atoms. The highest BCUT2D eigenvalue weighted by Crippen LogP contribution is 2.18. The maximum atomic E-state index is 9.43. The predicted molar refractivity (Wildman–Crippen MR) is 185 cm³/mol. The lowest BCUT2D eigenvalue weighted by Crippen LogP contribution is -2.14. The molecule has 4 aromatic rings. The second kappa shape index (κ2) is 22.9. The highest BCUT2D eigenvalue weighted by Gasteiger charge is 2.01. The first kappa shape index (κ1) is 37.3. The minimum Gasteiger partial charge on any atom is -0.508 e. The average molecular weight is 678 g/mol. The fourth-order valence-electron chi connectivity index (χ4n) is 4.42. The van der Waals surface area contributed by atoms with Crippen molar-refractivity contribution in [2.75, 3.05) is 79.3 Å². The topological polar surface area (TPSA) is 126 Å². The van der Waals surface area contributed by atoms with Crippen LogP contribution in [0.25, 0.3) is 0 Å². The molecule has 0 amide bonds. The van der Waals surface area contributed by atoms with Gasteiger partial charge in [-0.1, -0.05) is 36.4 Å². The highest BCUT2D eigenvalue weighted by molar-refractivity contribution is 5.32. The zero-order chi connectivity index (χ0) is 34.2. The molecule has 4 aromatic carbocycles. The van der Waals surface area contributed by atoms with Crippen LogP contribution in [0, 0.1) is 0 Å². The smallest absolute Gasteiger partial charge is 0.123 e. The van der Waals surface area contributed by atoms with Gasteiger partial charge in [-0.05, 0) is 59.7 Å². The Hall–Kier alpha value is -4.52. The van der Waals surface area contributed by atoms with E-state index < -0.39 is 0 Å². The summed E-state index contributed by atoms with van der Waals surface area (Å²) >= 11 is 0. The quantitative estimate of drug-likeness (QED) is 0.0743. The number of phenols is 2. The minimum atomic E-state index is 0.175. The Morgan fingerprint density at radius 2 is 0.694 bits per heavy atom. The van der Waals surface area contributed by atoms with Gasteiger partial charge in [0.25, 0.3) is 0 Å². The average Bonchev–Trinajstić information content (AvgIpc) is 3.11. The molecule has 4 rings (SSSR count). The summed E-state index contributed by atoms with van der Waals surface area (Å²) in [6.45, 7) is 6.93. The molecular formula is C38H47NO10. The van der Waals surface area contributed by atoms with Crippen molar-refractivity contribution < 1.29 is 48.1 Å². The molecule has 0 bridgehead atoms. The van der Waals surface area contributed by atoms with Gasteiger partial charge in [0.05, 0.1) is 52.9 Å². The molecular weight excluding hydrogens is 630 g/mol. The second-order valence-corrected chi connectivity index (χ2v) is 10.7. The van der Waals surface area contributed by atoms with E-state index >= 15 is 0 Å². The van der Waals surface area contributed by atoms with Crippen molar-refractivity contribution in [1.82, 2.24) is 5.32 Å². The molecule has 0 heterocycles. The standard InChI is InChI=1S/C38H47NO10/c40-33-3-1-5-37(27-33)48-25-21-44-17-15-42-19-23-46-35-11-7-31(8-12-35)29-39-30-32-9-13-36(14-10-32)47-24-20-43-16-18-45-22-26-49-38-6-2-4-34(41)28-38/h1-14,27-28,39-41H,15-26,29-30H2. The molecule has 0 fully saturated rings. The van der Waals surface area contributed by atoms with E-state index in [0.717, 1.165) is 24.6 Å². The third-order valence-corrected chi connectivity index (χ3v) is 6.87. The summed E-state index contributed by atoms with van der Waals surface area (Å²) in [4.78, 5) is 0. The second-order valence-electron chi connectivity index (χ2n) is 10.7. The number of phenolic OH excluding ortho intramolecular Hbond substituents is 2. The van der Waals surface area contributed by atoms with E-state index in [4.69, 9.17) is 37.9 Å². The Morgan fingerprint density at radius 1 is 0.367 bits per heavy atom. The molecule has 49 heavy (non-hydrogen) atoms. The van der Waals surface area contributed by atoms with Crippen molar-refractivity contribution >= 4 is 0 Å². The van der Waals surface area contributed by atoms with Crippen LogP contribution in [-0.4, -0.2) is 89.5 Å². The molecule has 0 atom stereocenters. The Morgan fingerprint density at radius 3 is 1.04 bits per heavy atom. The van der Waals surface area contributed by atoms with Gasteiger partial charge in [-0.2, -0.15) is 0 Å². The molecule has 0 saturated carbocycles. The maximum absolute atomic E-state index is 9.43. The van der Waals surface area contributed by atoms with Crippen molar-refractivity contribution in [3.8, 4) is 34.5 Å². The number of rotatable bonds is 26. The summed E-state index contributed by atoms with van der Waals surface area (Å²) in [5.41, 5.74) is 2.33. The first-order valence-electron chi connectivity index (χ1n) is 16.4. The summed E-state index contributed by atoms with van der Waals surface area (Å²) < 4.78 is 44.7. The van der Waals surface area contributed by atoms with Gasteiger partial charge in [-0.3, -0.25) is 0 Å². The van der Waals surface area contributed by atoms with Crippen molar-refractivity contribution in [3.05, 3.63) is 108 Å². The van der Waals surface area contributed by atoms with Crippen LogP contribution >= 0.6 is 0 Å². The van der Waals surface area contributed by atoms with Crippen molar-refractivity contribution in [2.24, 2.45) is 0 Å². The molecule has 11 nitrogen and oxygen atoms in total. The van der Waals surface area contributed by atoms with E-state index in [1.165, 1.54) is 11.1 Å². The van der Waals surface area contributed by atoms with E-state index in [1.807, 2.05) is 24.3 Å². The van der Waals surface area contributed by atoms with Crippen LogP contribution < -0.4 is 24.3 Å². The van der Waals surface area contributed by atoms with Gasteiger partial charge in [-0.25, -0.2) is 0 Å². The first-order valence-corrected chi connectivity index (χ1v) is 16.4. The van der Waals surface area contributed by atoms with Crippen LogP contribution in [0.3, 0.4) is 0 Å². The predicted octanol–water partition coefficient (Wildman–Crippen LogP) is 5.37. The summed E-state index contributed by atoms with van der Waals surface area (Å²) in [5.74, 6) is 3.17. The van der Waals surface area contributed by atoms with Crippen LogP contribution in [-0.2, 0) is 32.0 Å². The van der Waals surface area contributed by atoms with Gasteiger partial charge >= 0.3 is 0 Å². The van der Waals surface area contributed by atoms with Gasteiger partial charge in [0.1, 0.15) is 60.9 Å². The van der Waals surface area contributed by atoms with Crippen LogP contribution in [0.1, 0.15) is 11.1 Å². The third kappa shape index (κ3) is 16.4. The third-order valence-electron chi connectivity index (χ3n) is 6.87. The molecule has 0 aliphatic carbocycles. The number of nitrogens with one attached hydrogen (secondary N) is 1. The molecule has 0 aromatic heterocycles. The summed E-state index contributed by atoms with van der Waals surface area (Å²) in [7, 11) is 0. The Kier molecular flexibility index (Phi) is 17.5. The highest BCUT2D eigenvalue weighted by atomic mass is 16.6. The minimum absolute atomic E-state index is 0.175. The summed E-state index contributed by atoms with van der Waals surface area (Å²) in [5, 5.41) is 22.3. The molecule has 0 saturated heterocycles. The van der Waals surface area contributed by atoms with Gasteiger partial charge in [0.2, 0.25) is 0 Å². The van der Waals surface area contributed by atoms with Crippen molar-refractivity contribution in [1.29, 1.82) is 0 Å². The first-order chi connectivity index (χ1) is 24.1. The van der Waals surface area contributed by atoms with Crippen LogP contribution in [0.5, 0.6) is 34.5 Å². The molecule has 0 aliphatic rings. The van der Waals surface area contributed by atoms with Crippen LogP contribution in [0.2, 0.25) is 0 Å². The zero-order valence-corrected chi connectivity index (χ0v) is 27.8. The largest absolute Gasteiger partial charge is 0.508 e. The van der Waals surface area contributed by atoms with E-state index in [-0.39, 0.29) is 11.5 Å². The maximum Gasteiger partial charge on any atom is 0.123 e. The van der Waals surface area contributed by atoms with Gasteiger partial charge in [-0.15, -0.1) is 0 Å². The normalized spacial score (nSPS) is 10.9. The van der Waals surface area contributed by atoms with E-state index in [2.05, 4.69) is 29.6 Å². The number of ether oxygens (including phenoxy) is 8. The molecule has 0 radical (unpaired) electrons. The molecule has 11 heteroatoms. The van der Waals surface area contributed by atoms with E-state index in [1.54, 1.807) is 48.5 Å². The molecule has 3 N–H and O–H groups in total.